The van der Waals surface area contributed by atoms with Gasteiger partial charge in [0.15, 0.2) is 0 Å². The van der Waals surface area contributed by atoms with E-state index in [1.54, 1.807) is 48.3 Å². The molecule has 0 radical (unpaired) electrons. The van der Waals surface area contributed by atoms with Crippen molar-refractivity contribution in [1.29, 1.82) is 0 Å². The SMILES string of the molecule is CN(Cc1ccccc1)C(=O)c1cccc(NC(=O)c2ccc(Br)cc2)c1. The van der Waals surface area contributed by atoms with Crippen LogP contribution in [0.4, 0.5) is 5.69 Å². The number of anilines is 1. The molecule has 4 nitrogen and oxygen atoms in total. The van der Waals surface area contributed by atoms with Gasteiger partial charge in [-0.2, -0.15) is 0 Å². The summed E-state index contributed by atoms with van der Waals surface area (Å²) < 4.78 is 0.910. The summed E-state index contributed by atoms with van der Waals surface area (Å²) in [4.78, 5) is 26.7. The third-order valence-corrected chi connectivity index (χ3v) is 4.61. The standard InChI is InChI=1S/C22H19BrN2O2/c1-25(15-16-6-3-2-4-7-16)22(27)18-8-5-9-20(14-18)24-21(26)17-10-12-19(23)13-11-17/h2-14H,15H2,1H3,(H,24,26). The molecule has 0 aliphatic carbocycles. The molecule has 0 bridgehead atoms. The summed E-state index contributed by atoms with van der Waals surface area (Å²) in [6.45, 7) is 0.523. The van der Waals surface area contributed by atoms with Crippen LogP contribution in [0, 0.1) is 0 Å². The summed E-state index contributed by atoms with van der Waals surface area (Å²) in [5.74, 6) is -0.316. The van der Waals surface area contributed by atoms with E-state index in [9.17, 15) is 9.59 Å². The van der Waals surface area contributed by atoms with Gasteiger partial charge in [0.2, 0.25) is 0 Å². The van der Waals surface area contributed by atoms with Crippen molar-refractivity contribution in [3.05, 3.63) is 100 Å². The molecule has 2 amide bonds. The second-order valence-corrected chi connectivity index (χ2v) is 7.10. The molecule has 1 N–H and O–H groups in total. The fraction of sp³-hybridized carbons (Fsp3) is 0.0909. The van der Waals surface area contributed by atoms with Gasteiger partial charge < -0.3 is 10.2 Å². The van der Waals surface area contributed by atoms with Crippen LogP contribution >= 0.6 is 15.9 Å². The lowest BCUT2D eigenvalue weighted by molar-refractivity contribution is 0.0784. The summed E-state index contributed by atoms with van der Waals surface area (Å²) in [6.07, 6.45) is 0. The lowest BCUT2D eigenvalue weighted by Gasteiger charge is -2.18. The Morgan fingerprint density at radius 3 is 2.30 bits per heavy atom. The van der Waals surface area contributed by atoms with Gasteiger partial charge in [-0.1, -0.05) is 52.3 Å². The number of hydrogen-bond donors (Lipinski definition) is 1. The van der Waals surface area contributed by atoms with Crippen LogP contribution in [0.25, 0.3) is 0 Å². The van der Waals surface area contributed by atoms with Crippen LogP contribution < -0.4 is 5.32 Å². The fourth-order valence-electron chi connectivity index (χ4n) is 2.68. The number of rotatable bonds is 5. The smallest absolute Gasteiger partial charge is 0.255 e. The van der Waals surface area contributed by atoms with Gasteiger partial charge in [0.25, 0.3) is 11.8 Å². The average Bonchev–Trinajstić information content (AvgIpc) is 2.69. The Labute approximate surface area is 167 Å². The van der Waals surface area contributed by atoms with Crippen molar-refractivity contribution in [3.8, 4) is 0 Å². The fourth-order valence-corrected chi connectivity index (χ4v) is 2.95. The van der Waals surface area contributed by atoms with Crippen molar-refractivity contribution >= 4 is 33.4 Å². The van der Waals surface area contributed by atoms with Gasteiger partial charge in [0, 0.05) is 34.9 Å². The first-order valence-electron chi connectivity index (χ1n) is 8.49. The molecule has 3 rings (SSSR count). The number of carbonyl (C=O) groups is 2. The normalized spacial score (nSPS) is 10.3. The Morgan fingerprint density at radius 2 is 1.59 bits per heavy atom. The molecule has 136 valence electrons. The minimum absolute atomic E-state index is 0.0985. The molecule has 0 saturated carbocycles. The monoisotopic (exact) mass is 422 g/mol. The van der Waals surface area contributed by atoms with E-state index >= 15 is 0 Å². The first-order valence-corrected chi connectivity index (χ1v) is 9.28. The minimum Gasteiger partial charge on any atom is -0.337 e. The number of nitrogens with zero attached hydrogens (tertiary/aromatic N) is 1. The van der Waals surface area contributed by atoms with Gasteiger partial charge in [-0.25, -0.2) is 0 Å². The Balaban J connectivity index is 1.70. The molecule has 0 heterocycles. The zero-order chi connectivity index (χ0) is 19.2. The summed E-state index contributed by atoms with van der Waals surface area (Å²) in [7, 11) is 1.77. The summed E-state index contributed by atoms with van der Waals surface area (Å²) >= 11 is 3.35. The quantitative estimate of drug-likeness (QED) is 0.630. The molecule has 3 aromatic carbocycles. The summed E-state index contributed by atoms with van der Waals surface area (Å²) in [5, 5.41) is 2.84. The van der Waals surface area contributed by atoms with Crippen LogP contribution in [0.5, 0.6) is 0 Å². The van der Waals surface area contributed by atoms with Crippen LogP contribution in [0.2, 0.25) is 0 Å². The largest absolute Gasteiger partial charge is 0.337 e. The maximum absolute atomic E-state index is 12.7. The molecular weight excluding hydrogens is 404 g/mol. The zero-order valence-corrected chi connectivity index (χ0v) is 16.4. The maximum Gasteiger partial charge on any atom is 0.255 e. The van der Waals surface area contributed by atoms with Gasteiger partial charge >= 0.3 is 0 Å². The molecule has 0 aromatic heterocycles. The number of carbonyl (C=O) groups excluding carboxylic acids is 2. The van der Waals surface area contributed by atoms with Crippen molar-refractivity contribution in [2.45, 2.75) is 6.54 Å². The molecule has 0 spiro atoms. The predicted octanol–water partition coefficient (Wildman–Crippen LogP) is 4.97. The van der Waals surface area contributed by atoms with Crippen molar-refractivity contribution < 1.29 is 9.59 Å². The second-order valence-electron chi connectivity index (χ2n) is 6.19. The van der Waals surface area contributed by atoms with Gasteiger partial charge in [-0.15, -0.1) is 0 Å². The highest BCUT2D eigenvalue weighted by Crippen LogP contribution is 2.16. The molecule has 5 heteroatoms. The Kier molecular flexibility index (Phi) is 6.04. The summed E-state index contributed by atoms with van der Waals surface area (Å²) in [6, 6.07) is 23.9. The molecular formula is C22H19BrN2O2. The highest BCUT2D eigenvalue weighted by Gasteiger charge is 2.13. The van der Waals surface area contributed by atoms with E-state index in [4.69, 9.17) is 0 Å². The maximum atomic E-state index is 12.7. The van der Waals surface area contributed by atoms with E-state index in [0.717, 1.165) is 10.0 Å². The number of nitrogens with one attached hydrogen (secondary N) is 1. The Morgan fingerprint density at radius 1 is 0.889 bits per heavy atom. The van der Waals surface area contributed by atoms with Crippen LogP contribution in [0.3, 0.4) is 0 Å². The van der Waals surface area contributed by atoms with Gasteiger partial charge in [0.05, 0.1) is 0 Å². The van der Waals surface area contributed by atoms with E-state index in [1.807, 2.05) is 42.5 Å². The lowest BCUT2D eigenvalue weighted by Crippen LogP contribution is -2.26. The zero-order valence-electron chi connectivity index (χ0n) is 14.9. The van der Waals surface area contributed by atoms with Crippen LogP contribution in [-0.2, 0) is 6.54 Å². The van der Waals surface area contributed by atoms with Crippen LogP contribution in [0.15, 0.2) is 83.3 Å². The highest BCUT2D eigenvalue weighted by molar-refractivity contribution is 9.10. The molecule has 0 aliphatic heterocycles. The highest BCUT2D eigenvalue weighted by atomic mass is 79.9. The minimum atomic E-state index is -0.218. The van der Waals surface area contributed by atoms with Crippen molar-refractivity contribution in [3.63, 3.8) is 0 Å². The van der Waals surface area contributed by atoms with Gasteiger partial charge in [-0.3, -0.25) is 9.59 Å². The van der Waals surface area contributed by atoms with E-state index in [-0.39, 0.29) is 11.8 Å². The third kappa shape index (κ3) is 5.05. The van der Waals surface area contributed by atoms with E-state index < -0.39 is 0 Å². The predicted molar refractivity (Wildman–Crippen MR) is 111 cm³/mol. The van der Waals surface area contributed by atoms with Crippen LogP contribution in [-0.4, -0.2) is 23.8 Å². The number of benzene rings is 3. The molecule has 0 aliphatic rings. The second kappa shape index (κ2) is 8.64. The van der Waals surface area contributed by atoms with E-state index in [2.05, 4.69) is 21.2 Å². The van der Waals surface area contributed by atoms with Crippen molar-refractivity contribution in [2.75, 3.05) is 12.4 Å². The molecule has 0 unspecified atom stereocenters. The molecule has 0 fully saturated rings. The molecule has 3 aromatic rings. The van der Waals surface area contributed by atoms with Gasteiger partial charge in [0.1, 0.15) is 0 Å². The molecule has 0 saturated heterocycles. The number of hydrogen-bond acceptors (Lipinski definition) is 2. The van der Waals surface area contributed by atoms with Crippen LogP contribution in [0.1, 0.15) is 26.3 Å². The third-order valence-electron chi connectivity index (χ3n) is 4.08. The number of amides is 2. The van der Waals surface area contributed by atoms with E-state index in [0.29, 0.717) is 23.4 Å². The van der Waals surface area contributed by atoms with Crippen molar-refractivity contribution in [2.24, 2.45) is 0 Å². The molecule has 27 heavy (non-hydrogen) atoms. The Bertz CT molecular complexity index is 940. The first-order chi connectivity index (χ1) is 13.0. The van der Waals surface area contributed by atoms with Gasteiger partial charge in [-0.05, 0) is 48.0 Å². The Hall–Kier alpha value is -2.92. The topological polar surface area (TPSA) is 49.4 Å². The van der Waals surface area contributed by atoms with Crippen molar-refractivity contribution in [1.82, 2.24) is 4.90 Å². The lowest BCUT2D eigenvalue weighted by atomic mass is 10.1. The first kappa shape index (κ1) is 18.9. The van der Waals surface area contributed by atoms with E-state index in [1.165, 1.54) is 0 Å². The number of halogens is 1. The summed E-state index contributed by atoms with van der Waals surface area (Å²) in [5.41, 5.74) is 2.73. The molecule has 0 atom stereocenters. The average molecular weight is 423 g/mol.